The molecule has 0 heterocycles. The number of benzene rings is 1. The third kappa shape index (κ3) is 3.70. The molecule has 18 heavy (non-hydrogen) atoms. The molecule has 0 saturated heterocycles. The number of amides is 1. The first-order valence-corrected chi connectivity index (χ1v) is 5.53. The number of rotatable bonds is 6. The lowest BCUT2D eigenvalue weighted by Crippen LogP contribution is -2.28. The molecule has 0 saturated carbocycles. The normalized spacial score (nSPS) is 10.1. The van der Waals surface area contributed by atoms with Crippen molar-refractivity contribution in [2.45, 2.75) is 13.3 Å². The van der Waals surface area contributed by atoms with E-state index in [0.717, 1.165) is 6.42 Å². The molecule has 0 unspecified atom stereocenters. The van der Waals surface area contributed by atoms with Crippen molar-refractivity contribution in [3.05, 3.63) is 28.3 Å². The minimum atomic E-state index is -0.658. The average Bonchev–Trinajstić information content (AvgIpc) is 2.31. The van der Waals surface area contributed by atoms with Gasteiger partial charge in [0.05, 0.1) is 11.5 Å². The van der Waals surface area contributed by atoms with E-state index in [2.05, 4.69) is 10.6 Å². The van der Waals surface area contributed by atoms with E-state index in [1.807, 2.05) is 6.92 Å². The molecule has 0 bridgehead atoms. The van der Waals surface area contributed by atoms with Crippen LogP contribution in [0.2, 0.25) is 0 Å². The Labute approximate surface area is 104 Å². The fourth-order valence-corrected chi connectivity index (χ4v) is 1.37. The van der Waals surface area contributed by atoms with Crippen LogP contribution < -0.4 is 10.6 Å². The molecule has 1 rings (SSSR count). The fraction of sp³-hybridized carbons (Fsp3) is 0.364. The van der Waals surface area contributed by atoms with Crippen LogP contribution in [-0.2, 0) is 4.79 Å². The molecular formula is C11H15N3O4. The molecule has 98 valence electrons. The van der Waals surface area contributed by atoms with Crippen LogP contribution in [-0.4, -0.2) is 29.0 Å². The van der Waals surface area contributed by atoms with Gasteiger partial charge in [-0.15, -0.1) is 0 Å². The first kappa shape index (κ1) is 13.9. The number of para-hydroxylation sites is 1. The summed E-state index contributed by atoms with van der Waals surface area (Å²) in [6.45, 7) is 2.67. The molecule has 0 aromatic heterocycles. The van der Waals surface area contributed by atoms with Gasteiger partial charge >= 0.3 is 0 Å². The summed E-state index contributed by atoms with van der Waals surface area (Å²) < 4.78 is 0. The van der Waals surface area contributed by atoms with E-state index in [1.165, 1.54) is 18.2 Å². The zero-order chi connectivity index (χ0) is 13.5. The average molecular weight is 253 g/mol. The van der Waals surface area contributed by atoms with E-state index in [-0.39, 0.29) is 23.7 Å². The summed E-state index contributed by atoms with van der Waals surface area (Å²) in [6.07, 6.45) is 0.879. The Bertz CT molecular complexity index is 448. The summed E-state index contributed by atoms with van der Waals surface area (Å²) in [5, 5.41) is 25.5. The van der Waals surface area contributed by atoms with Crippen LogP contribution >= 0.6 is 0 Å². The molecular weight excluding hydrogens is 238 g/mol. The van der Waals surface area contributed by atoms with E-state index in [0.29, 0.717) is 6.54 Å². The molecule has 1 aromatic carbocycles. The smallest absolute Gasteiger partial charge is 0.296 e. The molecule has 0 aliphatic heterocycles. The molecule has 0 radical (unpaired) electrons. The summed E-state index contributed by atoms with van der Waals surface area (Å²) in [4.78, 5) is 21.6. The SMILES string of the molecule is CCCNCC(=O)Nc1c(O)cccc1[N+](=O)[O-]. The number of carbonyl (C=O) groups is 1. The van der Waals surface area contributed by atoms with Crippen molar-refractivity contribution < 1.29 is 14.8 Å². The van der Waals surface area contributed by atoms with Gasteiger partial charge in [-0.2, -0.15) is 0 Å². The molecule has 3 N–H and O–H groups in total. The van der Waals surface area contributed by atoms with Crippen molar-refractivity contribution in [1.82, 2.24) is 5.32 Å². The third-order valence-corrected chi connectivity index (χ3v) is 2.19. The Kier molecular flexibility index (Phi) is 5.06. The predicted octanol–water partition coefficient (Wildman–Crippen LogP) is 1.24. The summed E-state index contributed by atoms with van der Waals surface area (Å²) in [7, 11) is 0. The number of anilines is 1. The Morgan fingerprint density at radius 3 is 2.83 bits per heavy atom. The molecule has 0 aliphatic rings. The van der Waals surface area contributed by atoms with Crippen LogP contribution in [0.3, 0.4) is 0 Å². The van der Waals surface area contributed by atoms with Crippen molar-refractivity contribution in [3.8, 4) is 5.75 Å². The maximum Gasteiger partial charge on any atom is 0.296 e. The van der Waals surface area contributed by atoms with Gasteiger partial charge in [0.1, 0.15) is 5.75 Å². The minimum absolute atomic E-state index is 0.0410. The summed E-state index contributed by atoms with van der Waals surface area (Å²) in [5.41, 5.74) is -0.510. The third-order valence-electron chi connectivity index (χ3n) is 2.19. The van der Waals surface area contributed by atoms with Crippen molar-refractivity contribution in [3.63, 3.8) is 0 Å². The number of phenolic OH excluding ortho intramolecular Hbond substituents is 1. The first-order chi connectivity index (χ1) is 8.56. The lowest BCUT2D eigenvalue weighted by atomic mass is 10.2. The topological polar surface area (TPSA) is 104 Å². The molecule has 0 atom stereocenters. The monoisotopic (exact) mass is 253 g/mol. The number of nitro benzene ring substituents is 1. The number of phenols is 1. The zero-order valence-electron chi connectivity index (χ0n) is 9.97. The number of hydrogen-bond acceptors (Lipinski definition) is 5. The van der Waals surface area contributed by atoms with Gasteiger partial charge in [-0.1, -0.05) is 13.0 Å². The Hall–Kier alpha value is -2.15. The number of aromatic hydroxyl groups is 1. The molecule has 7 nitrogen and oxygen atoms in total. The maximum atomic E-state index is 11.5. The summed E-state index contributed by atoms with van der Waals surface area (Å²) >= 11 is 0. The quantitative estimate of drug-likeness (QED) is 0.306. The van der Waals surface area contributed by atoms with Crippen LogP contribution in [0.4, 0.5) is 11.4 Å². The fourth-order valence-electron chi connectivity index (χ4n) is 1.37. The number of nitrogens with zero attached hydrogens (tertiary/aromatic N) is 1. The van der Waals surface area contributed by atoms with Gasteiger partial charge in [-0.05, 0) is 19.0 Å². The van der Waals surface area contributed by atoms with E-state index >= 15 is 0 Å². The highest BCUT2D eigenvalue weighted by Crippen LogP contribution is 2.32. The van der Waals surface area contributed by atoms with Gasteiger partial charge in [0.2, 0.25) is 5.91 Å². The minimum Gasteiger partial charge on any atom is -0.505 e. The van der Waals surface area contributed by atoms with Gasteiger partial charge in [0.25, 0.3) is 5.69 Å². The molecule has 1 amide bonds. The van der Waals surface area contributed by atoms with E-state index in [1.54, 1.807) is 0 Å². The van der Waals surface area contributed by atoms with Crippen molar-refractivity contribution in [1.29, 1.82) is 0 Å². The molecule has 1 aromatic rings. The number of hydrogen-bond donors (Lipinski definition) is 3. The van der Waals surface area contributed by atoms with Crippen LogP contribution in [0, 0.1) is 10.1 Å². The second-order valence-corrected chi connectivity index (χ2v) is 3.65. The number of nitrogens with one attached hydrogen (secondary N) is 2. The van der Waals surface area contributed by atoms with Crippen molar-refractivity contribution in [2.24, 2.45) is 0 Å². The Morgan fingerprint density at radius 1 is 1.50 bits per heavy atom. The molecule has 0 fully saturated rings. The van der Waals surface area contributed by atoms with Crippen molar-refractivity contribution in [2.75, 3.05) is 18.4 Å². The van der Waals surface area contributed by atoms with E-state index in [9.17, 15) is 20.0 Å². The Morgan fingerprint density at radius 2 is 2.22 bits per heavy atom. The zero-order valence-corrected chi connectivity index (χ0v) is 9.97. The van der Waals surface area contributed by atoms with E-state index < -0.39 is 10.8 Å². The highest BCUT2D eigenvalue weighted by atomic mass is 16.6. The second kappa shape index (κ2) is 6.55. The second-order valence-electron chi connectivity index (χ2n) is 3.65. The van der Waals surface area contributed by atoms with Gasteiger partial charge < -0.3 is 15.7 Å². The number of carbonyl (C=O) groups excluding carboxylic acids is 1. The van der Waals surface area contributed by atoms with Gasteiger partial charge in [-0.3, -0.25) is 14.9 Å². The lowest BCUT2D eigenvalue weighted by Gasteiger charge is -2.08. The molecule has 0 spiro atoms. The standard InChI is InChI=1S/C11H15N3O4/c1-2-6-12-7-10(16)13-11-8(14(17)18)4-3-5-9(11)15/h3-5,12,15H,2,6-7H2,1H3,(H,13,16). The summed E-state index contributed by atoms with van der Waals surface area (Å²) in [5.74, 6) is -0.763. The predicted molar refractivity (Wildman–Crippen MR) is 66.6 cm³/mol. The number of nitro groups is 1. The van der Waals surface area contributed by atoms with Crippen LogP contribution in [0.15, 0.2) is 18.2 Å². The maximum absolute atomic E-state index is 11.5. The van der Waals surface area contributed by atoms with Crippen LogP contribution in [0.1, 0.15) is 13.3 Å². The van der Waals surface area contributed by atoms with Gasteiger partial charge in [-0.25, -0.2) is 0 Å². The van der Waals surface area contributed by atoms with Crippen LogP contribution in [0.25, 0.3) is 0 Å². The van der Waals surface area contributed by atoms with Crippen LogP contribution in [0.5, 0.6) is 5.75 Å². The highest BCUT2D eigenvalue weighted by molar-refractivity contribution is 5.96. The van der Waals surface area contributed by atoms with Gasteiger partial charge in [0.15, 0.2) is 5.69 Å². The Balaban J connectivity index is 2.77. The first-order valence-electron chi connectivity index (χ1n) is 5.53. The summed E-state index contributed by atoms with van der Waals surface area (Å²) in [6, 6.07) is 3.84. The highest BCUT2D eigenvalue weighted by Gasteiger charge is 2.18. The largest absolute Gasteiger partial charge is 0.505 e. The van der Waals surface area contributed by atoms with Crippen molar-refractivity contribution >= 4 is 17.3 Å². The van der Waals surface area contributed by atoms with E-state index in [4.69, 9.17) is 0 Å². The van der Waals surface area contributed by atoms with Gasteiger partial charge in [0, 0.05) is 6.07 Å². The molecule has 0 aliphatic carbocycles. The lowest BCUT2D eigenvalue weighted by molar-refractivity contribution is -0.384. The molecule has 7 heteroatoms.